The van der Waals surface area contributed by atoms with Crippen molar-refractivity contribution in [1.29, 1.82) is 0 Å². The first-order valence-electron chi connectivity index (χ1n) is 2.73. The quantitative estimate of drug-likeness (QED) is 0.581. The molecule has 0 atom stereocenters. The molecule has 0 radical (unpaired) electrons. The second kappa shape index (κ2) is 2.18. The van der Waals surface area contributed by atoms with Crippen molar-refractivity contribution < 1.29 is 0 Å². The maximum absolute atomic E-state index is 5.87. The fraction of sp³-hybridized carbons (Fsp3) is 1.00. The van der Waals surface area contributed by atoms with Gasteiger partial charge in [0.25, 0.3) is 0 Å². The van der Waals surface area contributed by atoms with E-state index in [1.807, 2.05) is 0 Å². The fourth-order valence-corrected chi connectivity index (χ4v) is 0. The molecule has 0 aromatic rings. The summed E-state index contributed by atoms with van der Waals surface area (Å²) in [6.07, 6.45) is 0. The molecule has 0 spiro atoms. The van der Waals surface area contributed by atoms with Crippen LogP contribution in [0.4, 0.5) is 0 Å². The van der Waals surface area contributed by atoms with Crippen molar-refractivity contribution >= 4 is 13.5 Å². The van der Waals surface area contributed by atoms with Gasteiger partial charge in [-0.25, -0.2) is 0 Å². The van der Waals surface area contributed by atoms with Crippen LogP contribution in [0, 0.1) is 0 Å². The van der Waals surface area contributed by atoms with Gasteiger partial charge in [-0.3, -0.25) is 0 Å². The molecule has 44 valence electrons. The molecule has 0 aliphatic carbocycles. The summed E-state index contributed by atoms with van der Waals surface area (Å²) in [6, 6.07) is 0. The third-order valence-corrected chi connectivity index (χ3v) is 7.73. The van der Waals surface area contributed by atoms with Crippen LogP contribution in [0.5, 0.6) is 0 Å². The Labute approximate surface area is 48.9 Å². The van der Waals surface area contributed by atoms with Gasteiger partial charge in [-0.15, -0.1) is 0 Å². The summed E-state index contributed by atoms with van der Waals surface area (Å²) in [7, 11) is 0. The van der Waals surface area contributed by atoms with Crippen LogP contribution in [0.25, 0.3) is 0 Å². The summed E-state index contributed by atoms with van der Waals surface area (Å²) in [4.78, 5) is 0. The van der Waals surface area contributed by atoms with E-state index in [1.165, 1.54) is 0 Å². The summed E-state index contributed by atoms with van der Waals surface area (Å²) in [5, 5.41) is 0. The van der Waals surface area contributed by atoms with Crippen molar-refractivity contribution in [2.75, 3.05) is 0 Å². The topological polar surface area (TPSA) is 26.0 Å². The van der Waals surface area contributed by atoms with Crippen molar-refractivity contribution in [2.45, 2.75) is 30.1 Å². The van der Waals surface area contributed by atoms with Gasteiger partial charge in [0.2, 0.25) is 0 Å². The molecular weight excluding hydrogens is 147 g/mol. The van der Waals surface area contributed by atoms with Gasteiger partial charge < -0.3 is 0 Å². The molecule has 2 heteroatoms. The van der Waals surface area contributed by atoms with Crippen LogP contribution in [-0.2, 0) is 0 Å². The molecule has 0 saturated carbocycles. The number of hydrogen-bond donors (Lipinski definition) is 1. The van der Waals surface area contributed by atoms with Crippen LogP contribution in [0.3, 0.4) is 0 Å². The van der Waals surface area contributed by atoms with E-state index in [1.54, 1.807) is 0 Å². The van der Waals surface area contributed by atoms with E-state index in [-0.39, 0.29) is 0 Å². The third-order valence-electron chi connectivity index (χ3n) is 1.49. The first-order chi connectivity index (χ1) is 2.94. The molecule has 0 saturated heterocycles. The minimum absolute atomic E-state index is 0.764. The summed E-state index contributed by atoms with van der Waals surface area (Å²) in [6.45, 7) is 4.42. The Morgan fingerprint density at radius 1 is 1.29 bits per heavy atom. The zero-order chi connectivity index (χ0) is 6.08. The van der Waals surface area contributed by atoms with Crippen LogP contribution < -0.4 is 4.69 Å². The van der Waals surface area contributed by atoms with Crippen molar-refractivity contribution in [3.8, 4) is 0 Å². The first-order valence-corrected chi connectivity index (χ1v) is 9.35. The zero-order valence-electron chi connectivity index (χ0n) is 5.65. The Bertz CT molecular complexity index is 53.6. The fourth-order valence-electron chi connectivity index (χ4n) is 0. The van der Waals surface area contributed by atoms with Gasteiger partial charge in [0.05, 0.1) is 0 Å². The van der Waals surface area contributed by atoms with Gasteiger partial charge in [-0.1, -0.05) is 0 Å². The van der Waals surface area contributed by atoms with E-state index in [4.69, 9.17) is 4.69 Å². The molecule has 7 heavy (non-hydrogen) atoms. The second-order valence-corrected chi connectivity index (χ2v) is 13.0. The Balaban J connectivity index is 3.54. The molecule has 2 N–H and O–H groups in total. The van der Waals surface area contributed by atoms with Gasteiger partial charge in [-0.05, 0) is 0 Å². The molecule has 0 amide bonds. The summed E-state index contributed by atoms with van der Waals surface area (Å²) >= 11 is -1.67. The van der Waals surface area contributed by atoms with Gasteiger partial charge in [0, 0.05) is 0 Å². The molecule has 0 rings (SSSR count). The normalized spacial score (nSPS) is 12.9. The van der Waals surface area contributed by atoms with Crippen LogP contribution >= 0.6 is 0 Å². The van der Waals surface area contributed by atoms with Gasteiger partial charge in [-0.2, -0.15) is 0 Å². The Hall–Kier alpha value is 0.503. The SMILES string of the molecule is C[CH](C)[Ge]([CH3])([CH3])[NH2]. The number of rotatable bonds is 1. The average Bonchev–Trinajstić information content (AvgIpc) is 1.31. The van der Waals surface area contributed by atoms with Crippen LogP contribution in [-0.4, -0.2) is 13.5 Å². The van der Waals surface area contributed by atoms with E-state index in [0.29, 0.717) is 0 Å². The summed E-state index contributed by atoms with van der Waals surface area (Å²) in [5.74, 6) is 4.45. The maximum atomic E-state index is 5.87. The van der Waals surface area contributed by atoms with Crippen molar-refractivity contribution in [3.63, 3.8) is 0 Å². The Kier molecular flexibility index (Phi) is 2.34. The van der Waals surface area contributed by atoms with Crippen molar-refractivity contribution in [2.24, 2.45) is 4.69 Å². The number of hydrogen-bond acceptors (Lipinski definition) is 1. The predicted molar refractivity (Wildman–Crippen MR) is 36.8 cm³/mol. The first kappa shape index (κ1) is 7.50. The molecule has 0 aliphatic rings. The van der Waals surface area contributed by atoms with E-state index in [2.05, 4.69) is 25.4 Å². The van der Waals surface area contributed by atoms with Crippen LogP contribution in [0.15, 0.2) is 0 Å². The third kappa shape index (κ3) is 3.12. The molecule has 0 unspecified atom stereocenters. The van der Waals surface area contributed by atoms with Gasteiger partial charge in [0.15, 0.2) is 0 Å². The van der Waals surface area contributed by atoms with E-state index in [0.717, 1.165) is 4.75 Å². The predicted octanol–water partition coefficient (Wildman–Crippen LogP) is 1.56. The molecular formula is C5H15GeN. The van der Waals surface area contributed by atoms with Crippen LogP contribution in [0.2, 0.25) is 16.3 Å². The summed E-state index contributed by atoms with van der Waals surface area (Å²) < 4.78 is 6.63. The van der Waals surface area contributed by atoms with E-state index < -0.39 is 13.5 Å². The molecule has 0 aliphatic heterocycles. The molecule has 1 nitrogen and oxygen atoms in total. The molecule has 0 aromatic heterocycles. The second-order valence-electron chi connectivity index (χ2n) is 2.98. The zero-order valence-corrected chi connectivity index (χ0v) is 7.75. The van der Waals surface area contributed by atoms with Gasteiger partial charge in [0.1, 0.15) is 0 Å². The van der Waals surface area contributed by atoms with Crippen molar-refractivity contribution in [1.82, 2.24) is 0 Å². The molecule has 0 fully saturated rings. The Morgan fingerprint density at radius 2 is 1.43 bits per heavy atom. The average molecular weight is 162 g/mol. The van der Waals surface area contributed by atoms with Crippen LogP contribution in [0.1, 0.15) is 13.8 Å². The summed E-state index contributed by atoms with van der Waals surface area (Å²) in [5.41, 5.74) is 0. The molecule has 0 aromatic carbocycles. The van der Waals surface area contributed by atoms with Crippen molar-refractivity contribution in [3.05, 3.63) is 0 Å². The number of nitrogens with two attached hydrogens (primary N) is 1. The standard InChI is InChI=1S/C5H15GeN/c1-5(2)6(3,4)7/h5H,7H2,1-4H3. The minimum atomic E-state index is -1.67. The molecule has 0 heterocycles. The van der Waals surface area contributed by atoms with Gasteiger partial charge >= 0.3 is 48.3 Å². The van der Waals surface area contributed by atoms with E-state index >= 15 is 0 Å². The Morgan fingerprint density at radius 3 is 1.43 bits per heavy atom. The molecule has 0 bridgehead atoms. The van der Waals surface area contributed by atoms with E-state index in [9.17, 15) is 0 Å². The monoisotopic (exact) mass is 163 g/mol.